The molecule has 1 heterocycles. The first-order valence-electron chi connectivity index (χ1n) is 6.20. The quantitative estimate of drug-likeness (QED) is 0.864. The predicted octanol–water partition coefficient (Wildman–Crippen LogP) is 0.984. The third kappa shape index (κ3) is 3.30. The number of anilines is 1. The topological polar surface area (TPSA) is 98.5 Å². The largest absolute Gasteiger partial charge is 0.381 e. The van der Waals surface area contributed by atoms with Crippen LogP contribution in [0, 0.1) is 11.6 Å². The third-order valence-corrected chi connectivity index (χ3v) is 5.05. The molecule has 0 aliphatic carbocycles. The number of amides is 1. The lowest BCUT2D eigenvalue weighted by Crippen LogP contribution is -2.33. The minimum atomic E-state index is -3.86. The number of carbonyl (C=O) groups is 1. The van der Waals surface area contributed by atoms with E-state index in [1.807, 2.05) is 4.72 Å². The van der Waals surface area contributed by atoms with Crippen LogP contribution in [0.5, 0.6) is 0 Å². The Labute approximate surface area is 120 Å². The van der Waals surface area contributed by atoms with Crippen molar-refractivity contribution in [1.29, 1.82) is 0 Å². The number of hydrogen-bond donors (Lipinski definition) is 2. The molecule has 0 saturated carbocycles. The van der Waals surface area contributed by atoms with Gasteiger partial charge in [-0.3, -0.25) is 9.52 Å². The molecule has 0 unspecified atom stereocenters. The van der Waals surface area contributed by atoms with Gasteiger partial charge in [-0.15, -0.1) is 0 Å². The molecule has 21 heavy (non-hydrogen) atoms. The Morgan fingerprint density at radius 1 is 1.29 bits per heavy atom. The number of sulfonamides is 1. The lowest BCUT2D eigenvalue weighted by atomic mass is 10.1. The lowest BCUT2D eigenvalue weighted by molar-refractivity contribution is 0.0984. The summed E-state index contributed by atoms with van der Waals surface area (Å²) in [5.41, 5.74) is 3.40. The van der Waals surface area contributed by atoms with E-state index in [9.17, 15) is 22.0 Å². The molecule has 0 bridgehead atoms. The van der Waals surface area contributed by atoms with Gasteiger partial charge in [0, 0.05) is 13.2 Å². The number of ether oxygens (including phenoxy) is 1. The van der Waals surface area contributed by atoms with Gasteiger partial charge in [0.1, 0.15) is 11.4 Å². The van der Waals surface area contributed by atoms with E-state index in [4.69, 9.17) is 10.5 Å². The molecule has 0 aromatic heterocycles. The Morgan fingerprint density at radius 3 is 2.48 bits per heavy atom. The SMILES string of the molecule is NC(=O)c1c(F)ccc(NS(=O)(=O)C2CCOCC2)c1F. The predicted molar refractivity (Wildman–Crippen MR) is 71.3 cm³/mol. The van der Waals surface area contributed by atoms with E-state index >= 15 is 0 Å². The van der Waals surface area contributed by atoms with Crippen molar-refractivity contribution in [3.63, 3.8) is 0 Å². The highest BCUT2D eigenvalue weighted by Gasteiger charge is 2.29. The van der Waals surface area contributed by atoms with Gasteiger partial charge in [-0.05, 0) is 25.0 Å². The Balaban J connectivity index is 2.31. The summed E-state index contributed by atoms with van der Waals surface area (Å²) in [6.07, 6.45) is 0.557. The van der Waals surface area contributed by atoms with Crippen molar-refractivity contribution in [2.45, 2.75) is 18.1 Å². The molecule has 6 nitrogen and oxygen atoms in total. The van der Waals surface area contributed by atoms with Gasteiger partial charge >= 0.3 is 0 Å². The first-order valence-corrected chi connectivity index (χ1v) is 7.74. The fourth-order valence-electron chi connectivity index (χ4n) is 2.08. The number of nitrogens with two attached hydrogens (primary N) is 1. The zero-order valence-electron chi connectivity index (χ0n) is 10.9. The van der Waals surface area contributed by atoms with Crippen molar-refractivity contribution in [2.75, 3.05) is 17.9 Å². The summed E-state index contributed by atoms with van der Waals surface area (Å²) in [6, 6.07) is 1.69. The van der Waals surface area contributed by atoms with Crippen LogP contribution < -0.4 is 10.5 Å². The van der Waals surface area contributed by atoms with E-state index in [2.05, 4.69) is 0 Å². The molecule has 1 aromatic carbocycles. The summed E-state index contributed by atoms with van der Waals surface area (Å²) in [5, 5.41) is -0.729. The average molecular weight is 320 g/mol. The van der Waals surface area contributed by atoms with Crippen LogP contribution in [-0.2, 0) is 14.8 Å². The zero-order valence-corrected chi connectivity index (χ0v) is 11.8. The Hall–Kier alpha value is -1.74. The number of primary amides is 1. The van der Waals surface area contributed by atoms with Crippen LogP contribution in [0.1, 0.15) is 23.2 Å². The van der Waals surface area contributed by atoms with E-state index in [1.165, 1.54) is 0 Å². The minimum Gasteiger partial charge on any atom is -0.381 e. The smallest absolute Gasteiger partial charge is 0.254 e. The maximum Gasteiger partial charge on any atom is 0.254 e. The maximum atomic E-state index is 14.0. The van der Waals surface area contributed by atoms with Crippen LogP contribution in [0.15, 0.2) is 12.1 Å². The van der Waals surface area contributed by atoms with Crippen molar-refractivity contribution < 1.29 is 26.7 Å². The van der Waals surface area contributed by atoms with Crippen LogP contribution in [0.25, 0.3) is 0 Å². The fraction of sp³-hybridized carbons (Fsp3) is 0.417. The number of carbonyl (C=O) groups excluding carboxylic acids is 1. The molecule has 1 amide bonds. The summed E-state index contributed by atoms with van der Waals surface area (Å²) in [6.45, 7) is 0.591. The number of halogens is 2. The Bertz CT molecular complexity index is 657. The summed E-state index contributed by atoms with van der Waals surface area (Å²) >= 11 is 0. The van der Waals surface area contributed by atoms with E-state index in [0.29, 0.717) is 13.2 Å². The molecule has 1 saturated heterocycles. The molecule has 1 aliphatic heterocycles. The zero-order chi connectivity index (χ0) is 15.6. The highest BCUT2D eigenvalue weighted by molar-refractivity contribution is 7.93. The lowest BCUT2D eigenvalue weighted by Gasteiger charge is -2.23. The van der Waals surface area contributed by atoms with Crippen LogP contribution in [0.2, 0.25) is 0 Å². The molecular weight excluding hydrogens is 306 g/mol. The van der Waals surface area contributed by atoms with Crippen molar-refractivity contribution >= 4 is 21.6 Å². The maximum absolute atomic E-state index is 14.0. The average Bonchev–Trinajstić information content (AvgIpc) is 2.43. The second-order valence-corrected chi connectivity index (χ2v) is 6.57. The molecule has 1 aromatic rings. The monoisotopic (exact) mass is 320 g/mol. The minimum absolute atomic E-state index is 0.279. The summed E-state index contributed by atoms with van der Waals surface area (Å²) in [5.74, 6) is -3.77. The van der Waals surface area contributed by atoms with Gasteiger partial charge in [-0.1, -0.05) is 0 Å². The van der Waals surface area contributed by atoms with E-state index < -0.39 is 44.1 Å². The van der Waals surface area contributed by atoms with Gasteiger partial charge in [0.2, 0.25) is 10.0 Å². The molecule has 2 rings (SSSR count). The highest BCUT2D eigenvalue weighted by atomic mass is 32.2. The molecule has 0 atom stereocenters. The van der Waals surface area contributed by atoms with Crippen molar-refractivity contribution in [3.05, 3.63) is 29.3 Å². The summed E-state index contributed by atoms with van der Waals surface area (Å²) < 4.78 is 58.7. The van der Waals surface area contributed by atoms with Crippen LogP contribution in [-0.4, -0.2) is 32.8 Å². The number of hydrogen-bond acceptors (Lipinski definition) is 4. The third-order valence-electron chi connectivity index (χ3n) is 3.20. The molecule has 9 heteroatoms. The van der Waals surface area contributed by atoms with Gasteiger partial charge in [0.25, 0.3) is 5.91 Å². The van der Waals surface area contributed by atoms with Crippen LogP contribution in [0.3, 0.4) is 0 Å². The fourth-order valence-corrected chi connectivity index (χ4v) is 3.52. The van der Waals surface area contributed by atoms with E-state index in [0.717, 1.165) is 12.1 Å². The second-order valence-electron chi connectivity index (χ2n) is 4.61. The standard InChI is InChI=1S/C12H14F2N2O4S/c13-8-1-2-9(11(14)10(8)12(15)17)16-21(18,19)7-3-5-20-6-4-7/h1-2,7,16H,3-6H2,(H2,15,17). The first-order chi connectivity index (χ1) is 9.83. The molecular formula is C12H14F2N2O4S. The van der Waals surface area contributed by atoms with Crippen LogP contribution >= 0.6 is 0 Å². The molecule has 3 N–H and O–H groups in total. The van der Waals surface area contributed by atoms with Gasteiger partial charge in [0.15, 0.2) is 5.82 Å². The number of nitrogens with one attached hydrogen (secondary N) is 1. The van der Waals surface area contributed by atoms with Gasteiger partial charge in [0.05, 0.1) is 10.9 Å². The number of rotatable bonds is 4. The summed E-state index contributed by atoms with van der Waals surface area (Å²) in [7, 11) is -3.86. The van der Waals surface area contributed by atoms with Gasteiger partial charge in [-0.25, -0.2) is 17.2 Å². The van der Waals surface area contributed by atoms with Crippen molar-refractivity contribution in [2.24, 2.45) is 5.73 Å². The van der Waals surface area contributed by atoms with E-state index in [1.54, 1.807) is 0 Å². The molecule has 0 radical (unpaired) electrons. The number of benzene rings is 1. The molecule has 1 aliphatic rings. The Morgan fingerprint density at radius 2 is 1.90 bits per heavy atom. The van der Waals surface area contributed by atoms with E-state index in [-0.39, 0.29) is 12.8 Å². The highest BCUT2D eigenvalue weighted by Crippen LogP contribution is 2.24. The molecule has 0 spiro atoms. The Kier molecular flexibility index (Phi) is 4.43. The second kappa shape index (κ2) is 5.94. The van der Waals surface area contributed by atoms with Crippen molar-refractivity contribution in [1.82, 2.24) is 0 Å². The van der Waals surface area contributed by atoms with Crippen LogP contribution in [0.4, 0.5) is 14.5 Å². The molecule has 1 fully saturated rings. The van der Waals surface area contributed by atoms with Crippen molar-refractivity contribution in [3.8, 4) is 0 Å². The first kappa shape index (κ1) is 15.6. The van der Waals surface area contributed by atoms with Gasteiger partial charge in [-0.2, -0.15) is 0 Å². The molecule has 116 valence electrons. The van der Waals surface area contributed by atoms with Gasteiger partial charge < -0.3 is 10.5 Å². The summed E-state index contributed by atoms with van der Waals surface area (Å²) in [4.78, 5) is 11.0. The normalized spacial score (nSPS) is 16.7.